The van der Waals surface area contributed by atoms with Crippen LogP contribution in [-0.2, 0) is 0 Å². The maximum absolute atomic E-state index is 2.47. The van der Waals surface area contributed by atoms with Gasteiger partial charge in [-0.15, -0.1) is 0 Å². The van der Waals surface area contributed by atoms with E-state index >= 15 is 0 Å². The lowest BCUT2D eigenvalue weighted by Gasteiger charge is -2.30. The van der Waals surface area contributed by atoms with Gasteiger partial charge in [0.25, 0.3) is 0 Å². The van der Waals surface area contributed by atoms with Gasteiger partial charge in [0.2, 0.25) is 0 Å². The maximum atomic E-state index is 2.47. The predicted molar refractivity (Wildman–Crippen MR) is 69.0 cm³/mol. The first-order valence-electron chi connectivity index (χ1n) is 6.93. The second-order valence-electron chi connectivity index (χ2n) is 6.63. The van der Waals surface area contributed by atoms with Gasteiger partial charge in [-0.3, -0.25) is 0 Å². The van der Waals surface area contributed by atoms with Crippen molar-refractivity contribution in [1.29, 1.82) is 0 Å². The topological polar surface area (TPSA) is 0 Å². The van der Waals surface area contributed by atoms with E-state index in [0.29, 0.717) is 10.8 Å². The molecule has 15 heavy (non-hydrogen) atoms. The number of rotatable bonds is 7. The van der Waals surface area contributed by atoms with Gasteiger partial charge in [-0.2, -0.15) is 0 Å². The van der Waals surface area contributed by atoms with E-state index in [1.807, 2.05) is 0 Å². The third-order valence-corrected chi connectivity index (χ3v) is 4.99. The van der Waals surface area contributed by atoms with E-state index in [1.165, 1.54) is 44.9 Å². The summed E-state index contributed by atoms with van der Waals surface area (Å²) in [6, 6.07) is 0. The van der Waals surface area contributed by atoms with Crippen LogP contribution >= 0.6 is 0 Å². The Bertz CT molecular complexity index is 177. The number of hydrogen-bond acceptors (Lipinski definition) is 0. The Morgan fingerprint density at radius 3 is 1.87 bits per heavy atom. The van der Waals surface area contributed by atoms with Gasteiger partial charge in [-0.1, -0.05) is 53.9 Å². The van der Waals surface area contributed by atoms with Gasteiger partial charge in [-0.05, 0) is 42.4 Å². The molecule has 0 heteroatoms. The highest BCUT2D eigenvalue weighted by atomic mass is 14.4. The molecule has 1 aliphatic rings. The summed E-state index contributed by atoms with van der Waals surface area (Å²) in [7, 11) is 0. The van der Waals surface area contributed by atoms with Crippen LogP contribution in [0.1, 0.15) is 79.6 Å². The summed E-state index contributed by atoms with van der Waals surface area (Å²) in [5.41, 5.74) is 1.24. The van der Waals surface area contributed by atoms with Crippen molar-refractivity contribution >= 4 is 0 Å². The fourth-order valence-electron chi connectivity index (χ4n) is 2.64. The molecule has 1 fully saturated rings. The molecule has 0 saturated heterocycles. The maximum Gasteiger partial charge on any atom is -0.0326 e. The fraction of sp³-hybridized carbons (Fsp3) is 1.00. The quantitative estimate of drug-likeness (QED) is 0.526. The van der Waals surface area contributed by atoms with Crippen LogP contribution < -0.4 is 0 Å². The molecule has 0 amide bonds. The highest BCUT2D eigenvalue weighted by Gasteiger charge is 2.37. The highest BCUT2D eigenvalue weighted by molar-refractivity contribution is 4.88. The molecular weight excluding hydrogens is 180 g/mol. The van der Waals surface area contributed by atoms with Gasteiger partial charge in [0.1, 0.15) is 0 Å². The Morgan fingerprint density at radius 1 is 0.933 bits per heavy atom. The lowest BCUT2D eigenvalue weighted by molar-refractivity contribution is 0.218. The van der Waals surface area contributed by atoms with Crippen LogP contribution in [0.5, 0.6) is 0 Å². The van der Waals surface area contributed by atoms with E-state index in [1.54, 1.807) is 0 Å². The molecule has 0 heterocycles. The van der Waals surface area contributed by atoms with E-state index in [0.717, 1.165) is 5.92 Å². The molecule has 0 aromatic heterocycles. The second kappa shape index (κ2) is 4.89. The summed E-state index contributed by atoms with van der Waals surface area (Å²) in [4.78, 5) is 0. The van der Waals surface area contributed by atoms with Gasteiger partial charge >= 0.3 is 0 Å². The highest BCUT2D eigenvalue weighted by Crippen LogP contribution is 2.48. The SMILES string of the molecule is CCC(C)(CC)CCCC(C)(C)C1CC1. The zero-order valence-electron chi connectivity index (χ0n) is 11.5. The van der Waals surface area contributed by atoms with Crippen LogP contribution in [0.2, 0.25) is 0 Å². The Labute approximate surface area is 96.8 Å². The van der Waals surface area contributed by atoms with E-state index in [2.05, 4.69) is 34.6 Å². The van der Waals surface area contributed by atoms with Crippen molar-refractivity contribution in [2.24, 2.45) is 16.7 Å². The minimum absolute atomic E-state index is 0.611. The van der Waals surface area contributed by atoms with E-state index in [4.69, 9.17) is 0 Å². The Morgan fingerprint density at radius 2 is 1.47 bits per heavy atom. The lowest BCUT2D eigenvalue weighted by Crippen LogP contribution is -2.18. The van der Waals surface area contributed by atoms with Crippen molar-refractivity contribution in [2.75, 3.05) is 0 Å². The van der Waals surface area contributed by atoms with Crippen LogP contribution in [0.15, 0.2) is 0 Å². The molecular formula is C15H30. The fourth-order valence-corrected chi connectivity index (χ4v) is 2.64. The normalized spacial score (nSPS) is 18.2. The van der Waals surface area contributed by atoms with E-state index < -0.39 is 0 Å². The van der Waals surface area contributed by atoms with Crippen molar-refractivity contribution in [3.05, 3.63) is 0 Å². The van der Waals surface area contributed by atoms with Gasteiger partial charge in [0.05, 0.1) is 0 Å². The standard InChI is InChI=1S/C15H30/c1-6-15(5,7-2)12-8-11-14(3,4)13-9-10-13/h13H,6-12H2,1-5H3. The molecule has 0 spiro atoms. The molecule has 0 atom stereocenters. The van der Waals surface area contributed by atoms with Crippen LogP contribution in [0.3, 0.4) is 0 Å². The molecule has 90 valence electrons. The minimum Gasteiger partial charge on any atom is -0.0649 e. The van der Waals surface area contributed by atoms with Gasteiger partial charge in [0.15, 0.2) is 0 Å². The van der Waals surface area contributed by atoms with Gasteiger partial charge in [0, 0.05) is 0 Å². The molecule has 0 aliphatic heterocycles. The van der Waals surface area contributed by atoms with E-state index in [9.17, 15) is 0 Å². The molecule has 0 unspecified atom stereocenters. The Kier molecular flexibility index (Phi) is 4.26. The summed E-state index contributed by atoms with van der Waals surface area (Å²) in [5, 5.41) is 0. The molecule has 0 radical (unpaired) electrons. The first-order chi connectivity index (χ1) is 6.93. The lowest BCUT2D eigenvalue weighted by atomic mass is 9.76. The third-order valence-electron chi connectivity index (χ3n) is 4.99. The summed E-state index contributed by atoms with van der Waals surface area (Å²) < 4.78 is 0. The molecule has 0 nitrogen and oxygen atoms in total. The summed E-state index contributed by atoms with van der Waals surface area (Å²) >= 11 is 0. The average molecular weight is 210 g/mol. The van der Waals surface area contributed by atoms with Crippen LogP contribution in [0.25, 0.3) is 0 Å². The smallest absolute Gasteiger partial charge is 0.0326 e. The largest absolute Gasteiger partial charge is 0.0649 e. The Balaban J connectivity index is 2.25. The van der Waals surface area contributed by atoms with Crippen molar-refractivity contribution in [1.82, 2.24) is 0 Å². The molecule has 1 rings (SSSR count). The monoisotopic (exact) mass is 210 g/mol. The molecule has 0 bridgehead atoms. The molecule has 0 aromatic rings. The van der Waals surface area contributed by atoms with Crippen LogP contribution in [-0.4, -0.2) is 0 Å². The zero-order valence-corrected chi connectivity index (χ0v) is 11.5. The summed E-state index contributed by atoms with van der Waals surface area (Å²) in [5.74, 6) is 1.05. The zero-order chi connectivity index (χ0) is 11.5. The summed E-state index contributed by atoms with van der Waals surface area (Å²) in [6.07, 6.45) is 9.96. The molecule has 0 N–H and O–H groups in total. The molecule has 1 aliphatic carbocycles. The van der Waals surface area contributed by atoms with E-state index in [-0.39, 0.29) is 0 Å². The van der Waals surface area contributed by atoms with Crippen molar-refractivity contribution in [3.8, 4) is 0 Å². The minimum atomic E-state index is 0.611. The average Bonchev–Trinajstić information content (AvgIpc) is 3.00. The van der Waals surface area contributed by atoms with Crippen LogP contribution in [0.4, 0.5) is 0 Å². The summed E-state index contributed by atoms with van der Waals surface area (Å²) in [6.45, 7) is 12.1. The molecule has 1 saturated carbocycles. The predicted octanol–water partition coefficient (Wildman–Crippen LogP) is 5.42. The second-order valence-corrected chi connectivity index (χ2v) is 6.63. The van der Waals surface area contributed by atoms with Crippen molar-refractivity contribution in [2.45, 2.75) is 79.6 Å². The first kappa shape index (κ1) is 13.1. The van der Waals surface area contributed by atoms with Gasteiger partial charge in [-0.25, -0.2) is 0 Å². The van der Waals surface area contributed by atoms with Crippen molar-refractivity contribution in [3.63, 3.8) is 0 Å². The first-order valence-corrected chi connectivity index (χ1v) is 6.93. The van der Waals surface area contributed by atoms with Crippen LogP contribution in [0, 0.1) is 16.7 Å². The van der Waals surface area contributed by atoms with Gasteiger partial charge < -0.3 is 0 Å². The van der Waals surface area contributed by atoms with Crippen molar-refractivity contribution < 1.29 is 0 Å². The Hall–Kier alpha value is 0. The third kappa shape index (κ3) is 3.81. The molecule has 0 aromatic carbocycles. The number of hydrogen-bond donors (Lipinski definition) is 0.